The van der Waals surface area contributed by atoms with Crippen molar-refractivity contribution >= 4 is 11.0 Å². The first-order valence-corrected chi connectivity index (χ1v) is 8.57. The van der Waals surface area contributed by atoms with E-state index >= 15 is 0 Å². The highest BCUT2D eigenvalue weighted by atomic mass is 16.5. The summed E-state index contributed by atoms with van der Waals surface area (Å²) < 4.78 is 7.31. The van der Waals surface area contributed by atoms with Crippen molar-refractivity contribution in [2.75, 3.05) is 7.11 Å². The molecule has 0 aliphatic carbocycles. The molecule has 1 atom stereocenters. The third-order valence-corrected chi connectivity index (χ3v) is 4.54. The molecule has 1 N–H and O–H groups in total. The van der Waals surface area contributed by atoms with Gasteiger partial charge in [-0.1, -0.05) is 54.6 Å². The zero-order chi connectivity index (χ0) is 17.9. The molecule has 0 aliphatic heterocycles. The Labute approximate surface area is 152 Å². The summed E-state index contributed by atoms with van der Waals surface area (Å²) in [6, 6.07) is 25.6. The number of benzene rings is 3. The fourth-order valence-electron chi connectivity index (χ4n) is 3.17. The second kappa shape index (κ2) is 7.02. The third-order valence-electron chi connectivity index (χ3n) is 4.54. The maximum Gasteiger partial charge on any atom is 0.143 e. The Kier molecular flexibility index (Phi) is 4.42. The van der Waals surface area contributed by atoms with E-state index in [4.69, 9.17) is 9.72 Å². The highest BCUT2D eigenvalue weighted by molar-refractivity contribution is 5.76. The predicted octanol–water partition coefficient (Wildman–Crippen LogP) is 4.17. The van der Waals surface area contributed by atoms with Crippen molar-refractivity contribution in [1.82, 2.24) is 9.55 Å². The van der Waals surface area contributed by atoms with Crippen molar-refractivity contribution in [1.29, 1.82) is 0 Å². The maximum atomic E-state index is 10.9. The molecule has 130 valence electrons. The van der Waals surface area contributed by atoms with Crippen molar-refractivity contribution < 1.29 is 9.84 Å². The molecule has 1 heterocycles. The van der Waals surface area contributed by atoms with E-state index in [0.717, 1.165) is 27.9 Å². The Hall–Kier alpha value is -3.11. The number of rotatable bonds is 5. The van der Waals surface area contributed by atoms with E-state index in [2.05, 4.69) is 4.57 Å². The number of aromatic nitrogens is 2. The van der Waals surface area contributed by atoms with E-state index in [9.17, 15) is 5.11 Å². The molecule has 1 aromatic heterocycles. The van der Waals surface area contributed by atoms with E-state index in [1.165, 1.54) is 0 Å². The molecule has 0 saturated carbocycles. The van der Waals surface area contributed by atoms with Gasteiger partial charge in [-0.15, -0.1) is 0 Å². The van der Waals surface area contributed by atoms with Gasteiger partial charge in [-0.05, 0) is 35.4 Å². The van der Waals surface area contributed by atoms with Crippen LogP contribution in [0, 0.1) is 0 Å². The van der Waals surface area contributed by atoms with Crippen LogP contribution in [-0.4, -0.2) is 21.8 Å². The first-order chi connectivity index (χ1) is 12.8. The largest absolute Gasteiger partial charge is 0.497 e. The van der Waals surface area contributed by atoms with Crippen LogP contribution in [-0.2, 0) is 6.54 Å². The van der Waals surface area contributed by atoms with Gasteiger partial charge in [0.05, 0.1) is 18.1 Å². The molecule has 0 radical (unpaired) electrons. The molecule has 0 aliphatic rings. The minimum Gasteiger partial charge on any atom is -0.497 e. The van der Waals surface area contributed by atoms with Crippen molar-refractivity contribution in [2.24, 2.45) is 0 Å². The van der Waals surface area contributed by atoms with Crippen LogP contribution in [0.4, 0.5) is 0 Å². The van der Waals surface area contributed by atoms with Gasteiger partial charge in [0.25, 0.3) is 0 Å². The van der Waals surface area contributed by atoms with Crippen LogP contribution in [0.25, 0.3) is 11.0 Å². The van der Waals surface area contributed by atoms with E-state index in [-0.39, 0.29) is 0 Å². The smallest absolute Gasteiger partial charge is 0.143 e. The molecule has 26 heavy (non-hydrogen) atoms. The normalized spacial score (nSPS) is 12.2. The molecule has 3 aromatic carbocycles. The van der Waals surface area contributed by atoms with Crippen LogP contribution >= 0.6 is 0 Å². The van der Waals surface area contributed by atoms with Crippen LogP contribution < -0.4 is 4.74 Å². The molecule has 4 aromatic rings. The van der Waals surface area contributed by atoms with Gasteiger partial charge in [-0.2, -0.15) is 0 Å². The van der Waals surface area contributed by atoms with Crippen molar-refractivity contribution in [2.45, 2.75) is 12.6 Å². The highest BCUT2D eigenvalue weighted by Crippen LogP contribution is 2.27. The summed E-state index contributed by atoms with van der Waals surface area (Å²) in [5.41, 5.74) is 3.84. The number of hydrogen-bond acceptors (Lipinski definition) is 3. The molecule has 0 saturated heterocycles. The molecule has 0 amide bonds. The quantitative estimate of drug-likeness (QED) is 0.591. The Morgan fingerprint density at radius 3 is 2.35 bits per heavy atom. The summed E-state index contributed by atoms with van der Waals surface area (Å²) in [4.78, 5) is 4.71. The Bertz CT molecular complexity index is 1010. The van der Waals surface area contributed by atoms with Crippen molar-refractivity contribution in [3.8, 4) is 5.75 Å². The zero-order valence-electron chi connectivity index (χ0n) is 14.5. The SMILES string of the molecule is COc1ccc(Cn2c(C(O)c3ccccc3)nc3ccccc32)cc1. The first kappa shape index (κ1) is 16.4. The highest BCUT2D eigenvalue weighted by Gasteiger charge is 2.19. The second-order valence-electron chi connectivity index (χ2n) is 6.21. The minimum atomic E-state index is -0.776. The summed E-state index contributed by atoms with van der Waals surface area (Å²) in [7, 11) is 1.66. The summed E-state index contributed by atoms with van der Waals surface area (Å²) in [6.07, 6.45) is -0.776. The third kappa shape index (κ3) is 3.07. The molecule has 4 heteroatoms. The average molecular weight is 344 g/mol. The first-order valence-electron chi connectivity index (χ1n) is 8.57. The van der Waals surface area contributed by atoms with Crippen LogP contribution in [0.15, 0.2) is 78.9 Å². The number of para-hydroxylation sites is 2. The molecule has 4 nitrogen and oxygen atoms in total. The van der Waals surface area contributed by atoms with E-state index < -0.39 is 6.10 Å². The molecule has 0 fully saturated rings. The maximum absolute atomic E-state index is 10.9. The Morgan fingerprint density at radius 1 is 0.923 bits per heavy atom. The van der Waals surface area contributed by atoms with Gasteiger partial charge in [-0.25, -0.2) is 4.98 Å². The number of aliphatic hydroxyl groups is 1. The van der Waals surface area contributed by atoms with Crippen LogP contribution in [0.5, 0.6) is 5.75 Å². The number of imidazole rings is 1. The number of aliphatic hydroxyl groups excluding tert-OH is 1. The molecule has 1 unspecified atom stereocenters. The number of methoxy groups -OCH3 is 1. The number of hydrogen-bond donors (Lipinski definition) is 1. The Morgan fingerprint density at radius 2 is 1.62 bits per heavy atom. The van der Waals surface area contributed by atoms with Crippen molar-refractivity contribution in [3.05, 3.63) is 95.8 Å². The van der Waals surface area contributed by atoms with Gasteiger partial charge in [0, 0.05) is 6.54 Å². The van der Waals surface area contributed by atoms with Gasteiger partial charge >= 0.3 is 0 Å². The predicted molar refractivity (Wildman–Crippen MR) is 102 cm³/mol. The molecule has 4 rings (SSSR count). The summed E-state index contributed by atoms with van der Waals surface area (Å²) in [6.45, 7) is 0.629. The van der Waals surface area contributed by atoms with Crippen LogP contribution in [0.3, 0.4) is 0 Å². The lowest BCUT2D eigenvalue weighted by Gasteiger charge is -2.15. The molecule has 0 spiro atoms. The van der Waals surface area contributed by atoms with E-state index in [1.54, 1.807) is 7.11 Å². The fraction of sp³-hybridized carbons (Fsp3) is 0.136. The lowest BCUT2D eigenvalue weighted by atomic mass is 10.1. The summed E-state index contributed by atoms with van der Waals surface area (Å²) >= 11 is 0. The van der Waals surface area contributed by atoms with Gasteiger partial charge in [0.1, 0.15) is 17.7 Å². The average Bonchev–Trinajstić information content (AvgIpc) is 3.07. The number of fused-ring (bicyclic) bond motifs is 1. The lowest BCUT2D eigenvalue weighted by Crippen LogP contribution is -2.11. The van der Waals surface area contributed by atoms with E-state index in [1.807, 2.05) is 78.9 Å². The van der Waals surface area contributed by atoms with Crippen LogP contribution in [0.2, 0.25) is 0 Å². The van der Waals surface area contributed by atoms with Crippen molar-refractivity contribution in [3.63, 3.8) is 0 Å². The molecular formula is C22H20N2O2. The Balaban J connectivity index is 1.78. The minimum absolute atomic E-state index is 0.629. The topological polar surface area (TPSA) is 47.3 Å². The van der Waals surface area contributed by atoms with Gasteiger partial charge in [0.2, 0.25) is 0 Å². The lowest BCUT2D eigenvalue weighted by molar-refractivity contribution is 0.206. The molecule has 0 bridgehead atoms. The number of nitrogens with zero attached hydrogens (tertiary/aromatic N) is 2. The summed E-state index contributed by atoms with van der Waals surface area (Å²) in [5.74, 6) is 1.47. The summed E-state index contributed by atoms with van der Waals surface area (Å²) in [5, 5.41) is 10.9. The fourth-order valence-corrected chi connectivity index (χ4v) is 3.17. The van der Waals surface area contributed by atoms with Crippen LogP contribution in [0.1, 0.15) is 23.1 Å². The molecular weight excluding hydrogens is 324 g/mol. The standard InChI is InChI=1S/C22H20N2O2/c1-26-18-13-11-16(12-14-18)15-24-20-10-6-5-9-19(20)23-22(24)21(25)17-7-3-2-4-8-17/h2-14,21,25H,15H2,1H3. The van der Waals surface area contributed by atoms with Gasteiger partial charge < -0.3 is 14.4 Å². The monoisotopic (exact) mass is 344 g/mol. The number of ether oxygens (including phenoxy) is 1. The van der Waals surface area contributed by atoms with Gasteiger partial charge in [0.15, 0.2) is 0 Å². The van der Waals surface area contributed by atoms with Gasteiger partial charge in [-0.3, -0.25) is 0 Å². The second-order valence-corrected chi connectivity index (χ2v) is 6.21. The van der Waals surface area contributed by atoms with E-state index in [0.29, 0.717) is 12.4 Å². The zero-order valence-corrected chi connectivity index (χ0v) is 14.5.